The number of nitro benzene ring substituents is 1. The number of nitrogens with zero attached hydrogens (tertiary/aromatic N) is 4. The van der Waals surface area contributed by atoms with E-state index in [9.17, 15) is 10.1 Å². The summed E-state index contributed by atoms with van der Waals surface area (Å²) < 4.78 is 0. The molecule has 162 valence electrons. The summed E-state index contributed by atoms with van der Waals surface area (Å²) in [6.07, 6.45) is 0.135. The first kappa shape index (κ1) is 22.5. The number of hydrogen-bond donors (Lipinski definition) is 2. The molecule has 1 heterocycles. The largest absolute Gasteiger partial charge is 0.304 e. The molecule has 3 aromatic rings. The summed E-state index contributed by atoms with van der Waals surface area (Å²) in [5, 5.41) is 17.8. The third kappa shape index (κ3) is 5.49. The van der Waals surface area contributed by atoms with Crippen molar-refractivity contribution in [1.29, 1.82) is 0 Å². The maximum Gasteiger partial charge on any atom is 0.270 e. The molecule has 0 unspecified atom stereocenters. The van der Waals surface area contributed by atoms with E-state index in [1.54, 1.807) is 12.1 Å². The Labute approximate surface area is 182 Å². The zero-order valence-electron chi connectivity index (χ0n) is 18.3. The molecule has 31 heavy (non-hydrogen) atoms. The molecular weight excluding hydrogens is 392 g/mol. The summed E-state index contributed by atoms with van der Waals surface area (Å²) in [5.74, 6) is 0.606. The van der Waals surface area contributed by atoms with E-state index in [0.29, 0.717) is 23.6 Å². The molecule has 0 spiro atoms. The van der Waals surface area contributed by atoms with Crippen LogP contribution >= 0.6 is 0 Å². The lowest BCUT2D eigenvalue weighted by Crippen LogP contribution is -2.46. The topological polar surface area (TPSA) is 96.2 Å². The van der Waals surface area contributed by atoms with Gasteiger partial charge in [-0.05, 0) is 28.1 Å². The highest BCUT2D eigenvalue weighted by Crippen LogP contribution is 2.30. The smallest absolute Gasteiger partial charge is 0.270 e. The van der Waals surface area contributed by atoms with Gasteiger partial charge < -0.3 is 10.6 Å². The van der Waals surface area contributed by atoms with Gasteiger partial charge >= 0.3 is 0 Å². The number of nitro groups is 1. The van der Waals surface area contributed by atoms with Gasteiger partial charge in [0.2, 0.25) is 0 Å². The lowest BCUT2D eigenvalue weighted by atomic mass is 10.0. The van der Waals surface area contributed by atoms with Gasteiger partial charge in [-0.15, -0.1) is 0 Å². The zero-order valence-corrected chi connectivity index (χ0v) is 18.3. The van der Waals surface area contributed by atoms with Gasteiger partial charge in [-0.3, -0.25) is 15.0 Å². The van der Waals surface area contributed by atoms with Crippen molar-refractivity contribution in [2.75, 3.05) is 27.7 Å². The molecule has 0 amide bonds. The van der Waals surface area contributed by atoms with Crippen molar-refractivity contribution >= 4 is 5.69 Å². The van der Waals surface area contributed by atoms with Gasteiger partial charge in [-0.1, -0.05) is 42.5 Å². The van der Waals surface area contributed by atoms with Gasteiger partial charge in [0, 0.05) is 47.6 Å². The van der Waals surface area contributed by atoms with Crippen molar-refractivity contribution < 1.29 is 4.92 Å². The van der Waals surface area contributed by atoms with Crippen LogP contribution in [-0.2, 0) is 6.54 Å². The maximum atomic E-state index is 11.3. The Morgan fingerprint density at radius 3 is 2.35 bits per heavy atom. The van der Waals surface area contributed by atoms with Crippen LogP contribution in [0.4, 0.5) is 5.69 Å². The number of rotatable bonds is 9. The SMILES string of the molecule is CNC(CN(C)Cc1c(C)nc(-c2ccccc2)nc1-c1cccc([N+](=O)[O-])c1)NC. The first-order chi connectivity index (χ1) is 14.9. The predicted octanol–water partition coefficient (Wildman–Crippen LogP) is 3.22. The Bertz CT molecular complexity index is 1040. The molecule has 2 aromatic carbocycles. The minimum absolute atomic E-state index is 0.0414. The van der Waals surface area contributed by atoms with E-state index in [-0.39, 0.29) is 16.8 Å². The Kier molecular flexibility index (Phi) is 7.41. The molecule has 0 aliphatic rings. The van der Waals surface area contributed by atoms with Crippen LogP contribution in [0.15, 0.2) is 54.6 Å². The molecule has 0 saturated heterocycles. The van der Waals surface area contributed by atoms with Crippen molar-refractivity contribution in [3.63, 3.8) is 0 Å². The van der Waals surface area contributed by atoms with E-state index in [2.05, 4.69) is 15.5 Å². The van der Waals surface area contributed by atoms with Crippen LogP contribution in [0.1, 0.15) is 11.3 Å². The van der Waals surface area contributed by atoms with Gasteiger partial charge in [0.15, 0.2) is 5.82 Å². The Hall–Kier alpha value is -3.20. The molecule has 0 fully saturated rings. The molecule has 0 aliphatic heterocycles. The molecule has 0 aliphatic carbocycles. The van der Waals surface area contributed by atoms with Gasteiger partial charge in [0.05, 0.1) is 16.8 Å². The van der Waals surface area contributed by atoms with Crippen LogP contribution in [-0.4, -0.2) is 53.6 Å². The predicted molar refractivity (Wildman–Crippen MR) is 123 cm³/mol. The standard InChI is InChI=1S/C23H28N6O2/c1-16-20(14-28(4)15-21(24-2)25-3)22(18-11-8-12-19(13-18)29(30)31)27-23(26-16)17-9-6-5-7-10-17/h5-13,21,24-25H,14-15H2,1-4H3. The third-order valence-corrected chi connectivity index (χ3v) is 5.20. The van der Waals surface area contributed by atoms with Crippen LogP contribution in [0, 0.1) is 17.0 Å². The minimum atomic E-state index is -0.383. The molecule has 8 heteroatoms. The molecule has 0 atom stereocenters. The Balaban J connectivity index is 2.09. The summed E-state index contributed by atoms with van der Waals surface area (Å²) in [4.78, 5) is 22.7. The fraction of sp³-hybridized carbons (Fsp3) is 0.304. The highest BCUT2D eigenvalue weighted by molar-refractivity contribution is 5.69. The molecule has 0 saturated carbocycles. The number of likely N-dealkylation sites (N-methyl/N-ethyl adjacent to an activating group) is 3. The van der Waals surface area contributed by atoms with Crippen LogP contribution < -0.4 is 10.6 Å². The molecule has 2 N–H and O–H groups in total. The lowest BCUT2D eigenvalue weighted by molar-refractivity contribution is -0.384. The summed E-state index contributed by atoms with van der Waals surface area (Å²) in [7, 11) is 5.85. The molecule has 3 rings (SSSR count). The highest BCUT2D eigenvalue weighted by atomic mass is 16.6. The van der Waals surface area contributed by atoms with Crippen molar-refractivity contribution in [1.82, 2.24) is 25.5 Å². The van der Waals surface area contributed by atoms with E-state index in [0.717, 1.165) is 23.4 Å². The first-order valence-corrected chi connectivity index (χ1v) is 10.1. The number of benzene rings is 2. The maximum absolute atomic E-state index is 11.3. The monoisotopic (exact) mass is 420 g/mol. The van der Waals surface area contributed by atoms with E-state index in [1.807, 2.05) is 64.5 Å². The second-order valence-electron chi connectivity index (χ2n) is 7.46. The van der Waals surface area contributed by atoms with Crippen molar-refractivity contribution in [3.05, 3.63) is 76.0 Å². The number of nitrogens with one attached hydrogen (secondary N) is 2. The van der Waals surface area contributed by atoms with Gasteiger partial charge in [0.25, 0.3) is 5.69 Å². The van der Waals surface area contributed by atoms with Crippen LogP contribution in [0.25, 0.3) is 22.6 Å². The summed E-state index contributed by atoms with van der Waals surface area (Å²) in [6.45, 7) is 3.34. The average molecular weight is 421 g/mol. The third-order valence-electron chi connectivity index (χ3n) is 5.20. The van der Waals surface area contributed by atoms with Gasteiger partial charge in [-0.2, -0.15) is 0 Å². The minimum Gasteiger partial charge on any atom is -0.304 e. The summed E-state index contributed by atoms with van der Waals surface area (Å²) >= 11 is 0. The normalized spacial score (nSPS) is 11.3. The van der Waals surface area contributed by atoms with Crippen molar-refractivity contribution in [2.45, 2.75) is 19.6 Å². The second kappa shape index (κ2) is 10.2. The van der Waals surface area contributed by atoms with E-state index in [1.165, 1.54) is 6.07 Å². The molecule has 0 radical (unpaired) electrons. The van der Waals surface area contributed by atoms with E-state index < -0.39 is 0 Å². The fourth-order valence-electron chi connectivity index (χ4n) is 3.48. The summed E-state index contributed by atoms with van der Waals surface area (Å²) in [5.41, 5.74) is 4.18. The fourth-order valence-corrected chi connectivity index (χ4v) is 3.48. The van der Waals surface area contributed by atoms with Crippen LogP contribution in [0.3, 0.4) is 0 Å². The Morgan fingerprint density at radius 1 is 1.03 bits per heavy atom. The van der Waals surface area contributed by atoms with E-state index >= 15 is 0 Å². The number of non-ortho nitro benzene ring substituents is 1. The molecular formula is C23H28N6O2. The number of aromatic nitrogens is 2. The van der Waals surface area contributed by atoms with Crippen LogP contribution in [0.2, 0.25) is 0 Å². The molecule has 8 nitrogen and oxygen atoms in total. The van der Waals surface area contributed by atoms with Crippen molar-refractivity contribution in [2.24, 2.45) is 0 Å². The van der Waals surface area contributed by atoms with Gasteiger partial charge in [0.1, 0.15) is 0 Å². The van der Waals surface area contributed by atoms with E-state index in [4.69, 9.17) is 9.97 Å². The molecule has 0 bridgehead atoms. The van der Waals surface area contributed by atoms with Gasteiger partial charge in [-0.25, -0.2) is 9.97 Å². The average Bonchev–Trinajstić information content (AvgIpc) is 2.79. The van der Waals surface area contributed by atoms with Crippen LogP contribution in [0.5, 0.6) is 0 Å². The first-order valence-electron chi connectivity index (χ1n) is 10.1. The number of hydrogen-bond acceptors (Lipinski definition) is 7. The molecule has 1 aromatic heterocycles. The second-order valence-corrected chi connectivity index (χ2v) is 7.46. The zero-order chi connectivity index (χ0) is 22.4. The lowest BCUT2D eigenvalue weighted by Gasteiger charge is -2.25. The number of aryl methyl sites for hydroxylation is 1. The highest BCUT2D eigenvalue weighted by Gasteiger charge is 2.19. The summed E-state index contributed by atoms with van der Waals surface area (Å²) in [6, 6.07) is 16.4. The Morgan fingerprint density at radius 2 is 1.71 bits per heavy atom. The quantitative estimate of drug-likeness (QED) is 0.312. The van der Waals surface area contributed by atoms with Crippen molar-refractivity contribution in [3.8, 4) is 22.6 Å².